The summed E-state index contributed by atoms with van der Waals surface area (Å²) in [6.07, 6.45) is 2.52. The molecule has 0 spiro atoms. The lowest BCUT2D eigenvalue weighted by atomic mass is 10.1. The van der Waals surface area contributed by atoms with Gasteiger partial charge in [0.1, 0.15) is 5.75 Å². The Hall–Kier alpha value is -1.55. The first kappa shape index (κ1) is 13.9. The molecular weight excluding hydrogens is 240 g/mol. The number of carbonyl (C=O) groups excluding carboxylic acids is 1. The van der Waals surface area contributed by atoms with Crippen molar-refractivity contribution in [2.45, 2.75) is 32.7 Å². The van der Waals surface area contributed by atoms with Crippen LogP contribution in [-0.4, -0.2) is 41.6 Å². The van der Waals surface area contributed by atoms with Crippen molar-refractivity contribution in [3.63, 3.8) is 0 Å². The average molecular weight is 262 g/mol. The lowest BCUT2D eigenvalue weighted by Crippen LogP contribution is -2.41. The molecule has 104 valence electrons. The highest BCUT2D eigenvalue weighted by Gasteiger charge is 2.16. The Morgan fingerprint density at radius 2 is 2.11 bits per heavy atom. The number of phenols is 1. The van der Waals surface area contributed by atoms with E-state index < -0.39 is 0 Å². The van der Waals surface area contributed by atoms with E-state index >= 15 is 0 Å². The summed E-state index contributed by atoms with van der Waals surface area (Å²) in [5.41, 5.74) is 1.32. The van der Waals surface area contributed by atoms with Gasteiger partial charge in [-0.25, -0.2) is 0 Å². The minimum Gasteiger partial charge on any atom is -0.508 e. The highest BCUT2D eigenvalue weighted by Crippen LogP contribution is 2.17. The molecular formula is C15H22N2O2. The Morgan fingerprint density at radius 1 is 1.42 bits per heavy atom. The quantitative estimate of drug-likeness (QED) is 0.871. The number of benzene rings is 1. The van der Waals surface area contributed by atoms with E-state index in [9.17, 15) is 9.90 Å². The molecule has 1 aromatic rings. The molecule has 0 saturated carbocycles. The zero-order chi connectivity index (χ0) is 13.8. The first-order valence-electron chi connectivity index (χ1n) is 6.89. The fourth-order valence-corrected chi connectivity index (χ4v) is 2.50. The van der Waals surface area contributed by atoms with Gasteiger partial charge >= 0.3 is 0 Å². The molecule has 4 nitrogen and oxygen atoms in total. The first-order valence-corrected chi connectivity index (χ1v) is 6.89. The van der Waals surface area contributed by atoms with Gasteiger partial charge in [0.25, 0.3) is 5.91 Å². The lowest BCUT2D eigenvalue weighted by Gasteiger charge is -2.21. The summed E-state index contributed by atoms with van der Waals surface area (Å²) in [4.78, 5) is 14.5. The average Bonchev–Trinajstić information content (AvgIpc) is 2.85. The molecule has 0 aromatic heterocycles. The number of hydrogen-bond donors (Lipinski definition) is 2. The standard InChI is InChI=1S/C15H22N2O2/c1-11-9-13(5-6-14(11)18)15(19)16-12(2)10-17-7-3-4-8-17/h5-6,9,12,18H,3-4,7-8,10H2,1-2H3,(H,16,19). The molecule has 0 aliphatic carbocycles. The van der Waals surface area contributed by atoms with Crippen LogP contribution in [0.15, 0.2) is 18.2 Å². The smallest absolute Gasteiger partial charge is 0.251 e. The molecule has 1 aliphatic rings. The lowest BCUT2D eigenvalue weighted by molar-refractivity contribution is 0.0932. The van der Waals surface area contributed by atoms with Gasteiger partial charge in [-0.05, 0) is 63.5 Å². The fourth-order valence-electron chi connectivity index (χ4n) is 2.50. The van der Waals surface area contributed by atoms with E-state index in [0.29, 0.717) is 5.56 Å². The molecule has 0 radical (unpaired) electrons. The Bertz CT molecular complexity index is 453. The normalized spacial score (nSPS) is 17.4. The number of nitrogens with zero attached hydrogens (tertiary/aromatic N) is 1. The van der Waals surface area contributed by atoms with Crippen LogP contribution in [0.5, 0.6) is 5.75 Å². The van der Waals surface area contributed by atoms with Crippen LogP contribution in [0.25, 0.3) is 0 Å². The highest BCUT2D eigenvalue weighted by molar-refractivity contribution is 5.94. The van der Waals surface area contributed by atoms with Gasteiger partial charge in [0.2, 0.25) is 0 Å². The maximum absolute atomic E-state index is 12.1. The number of amides is 1. The molecule has 2 rings (SSSR count). The van der Waals surface area contributed by atoms with Gasteiger partial charge < -0.3 is 15.3 Å². The predicted octanol–water partition coefficient (Wildman–Crippen LogP) is 1.91. The summed E-state index contributed by atoms with van der Waals surface area (Å²) in [5, 5.41) is 12.5. The van der Waals surface area contributed by atoms with Crippen molar-refractivity contribution in [3.8, 4) is 5.75 Å². The zero-order valence-electron chi connectivity index (χ0n) is 11.6. The van der Waals surface area contributed by atoms with Gasteiger partial charge in [0.15, 0.2) is 0 Å². The maximum atomic E-state index is 12.1. The number of aromatic hydroxyl groups is 1. The van der Waals surface area contributed by atoms with E-state index in [4.69, 9.17) is 0 Å². The molecule has 1 heterocycles. The summed E-state index contributed by atoms with van der Waals surface area (Å²) in [7, 11) is 0. The van der Waals surface area contributed by atoms with E-state index in [1.54, 1.807) is 25.1 Å². The molecule has 1 fully saturated rings. The van der Waals surface area contributed by atoms with Gasteiger partial charge in [-0.3, -0.25) is 4.79 Å². The van der Waals surface area contributed by atoms with Gasteiger partial charge in [0, 0.05) is 18.2 Å². The third-order valence-corrected chi connectivity index (χ3v) is 3.57. The summed E-state index contributed by atoms with van der Waals surface area (Å²) in [6, 6.07) is 5.07. The van der Waals surface area contributed by atoms with E-state index in [-0.39, 0.29) is 17.7 Å². The molecule has 1 amide bonds. The van der Waals surface area contributed by atoms with Crippen molar-refractivity contribution >= 4 is 5.91 Å². The van der Waals surface area contributed by atoms with E-state index in [1.165, 1.54) is 12.8 Å². The number of carbonyl (C=O) groups is 1. The Labute approximate surface area is 114 Å². The van der Waals surface area contributed by atoms with Crippen molar-refractivity contribution in [2.24, 2.45) is 0 Å². The summed E-state index contributed by atoms with van der Waals surface area (Å²) in [5.74, 6) is 0.150. The molecule has 19 heavy (non-hydrogen) atoms. The van der Waals surface area contributed by atoms with Gasteiger partial charge in [-0.1, -0.05) is 0 Å². The van der Waals surface area contributed by atoms with Gasteiger partial charge in [0.05, 0.1) is 0 Å². The Balaban J connectivity index is 1.90. The minimum atomic E-state index is -0.0743. The summed E-state index contributed by atoms with van der Waals surface area (Å²) in [6.45, 7) is 7.00. The monoisotopic (exact) mass is 262 g/mol. The number of hydrogen-bond acceptors (Lipinski definition) is 3. The van der Waals surface area contributed by atoms with Gasteiger partial charge in [-0.15, -0.1) is 0 Å². The number of nitrogens with one attached hydrogen (secondary N) is 1. The first-order chi connectivity index (χ1) is 9.06. The second-order valence-electron chi connectivity index (χ2n) is 5.38. The Kier molecular flexibility index (Phi) is 4.43. The van der Waals surface area contributed by atoms with Crippen molar-refractivity contribution < 1.29 is 9.90 Å². The van der Waals surface area contributed by atoms with Crippen LogP contribution in [0.2, 0.25) is 0 Å². The van der Waals surface area contributed by atoms with Crippen LogP contribution >= 0.6 is 0 Å². The number of phenolic OH excluding ortho intramolecular Hbond substituents is 1. The van der Waals surface area contributed by atoms with Crippen molar-refractivity contribution in [1.29, 1.82) is 0 Å². The third-order valence-electron chi connectivity index (χ3n) is 3.57. The number of aryl methyl sites for hydroxylation is 1. The van der Waals surface area contributed by atoms with Gasteiger partial charge in [-0.2, -0.15) is 0 Å². The van der Waals surface area contributed by atoms with Crippen molar-refractivity contribution in [2.75, 3.05) is 19.6 Å². The molecule has 2 N–H and O–H groups in total. The molecule has 1 atom stereocenters. The van der Waals surface area contributed by atoms with Crippen LogP contribution in [0.4, 0.5) is 0 Å². The highest BCUT2D eigenvalue weighted by atomic mass is 16.3. The Morgan fingerprint density at radius 3 is 2.74 bits per heavy atom. The van der Waals surface area contributed by atoms with E-state index in [2.05, 4.69) is 10.2 Å². The van der Waals surface area contributed by atoms with Crippen molar-refractivity contribution in [1.82, 2.24) is 10.2 Å². The van der Waals surface area contributed by atoms with Crippen LogP contribution in [0.3, 0.4) is 0 Å². The molecule has 1 saturated heterocycles. The second-order valence-corrected chi connectivity index (χ2v) is 5.38. The summed E-state index contributed by atoms with van der Waals surface area (Å²) < 4.78 is 0. The van der Waals surface area contributed by atoms with Crippen molar-refractivity contribution in [3.05, 3.63) is 29.3 Å². The molecule has 1 aromatic carbocycles. The molecule has 4 heteroatoms. The zero-order valence-corrected chi connectivity index (χ0v) is 11.6. The van der Waals surface area contributed by atoms with E-state index in [0.717, 1.165) is 25.2 Å². The van der Waals surface area contributed by atoms with E-state index in [1.807, 2.05) is 6.92 Å². The van der Waals surface area contributed by atoms with Crippen LogP contribution in [0, 0.1) is 6.92 Å². The third kappa shape index (κ3) is 3.70. The SMILES string of the molecule is Cc1cc(C(=O)NC(C)CN2CCCC2)ccc1O. The second kappa shape index (κ2) is 6.06. The predicted molar refractivity (Wildman–Crippen MR) is 75.4 cm³/mol. The number of likely N-dealkylation sites (tertiary alicyclic amines) is 1. The maximum Gasteiger partial charge on any atom is 0.251 e. The molecule has 0 bridgehead atoms. The molecule has 1 aliphatic heterocycles. The minimum absolute atomic E-state index is 0.0743. The fraction of sp³-hybridized carbons (Fsp3) is 0.533. The molecule has 1 unspecified atom stereocenters. The van der Waals surface area contributed by atoms with Crippen LogP contribution < -0.4 is 5.32 Å². The largest absolute Gasteiger partial charge is 0.508 e. The number of rotatable bonds is 4. The van der Waals surface area contributed by atoms with Crippen LogP contribution in [0.1, 0.15) is 35.7 Å². The summed E-state index contributed by atoms with van der Waals surface area (Å²) >= 11 is 0. The van der Waals surface area contributed by atoms with Crippen LogP contribution in [-0.2, 0) is 0 Å². The topological polar surface area (TPSA) is 52.6 Å².